The van der Waals surface area contributed by atoms with Gasteiger partial charge in [-0.15, -0.1) is 0 Å². The van der Waals surface area contributed by atoms with Crippen LogP contribution in [0.1, 0.15) is 43.0 Å². The van der Waals surface area contributed by atoms with Crippen molar-refractivity contribution in [1.29, 1.82) is 0 Å². The summed E-state index contributed by atoms with van der Waals surface area (Å²) in [6.45, 7) is 2.71. The number of rotatable bonds is 4. The van der Waals surface area contributed by atoms with Crippen LogP contribution in [0.5, 0.6) is 0 Å². The molecule has 1 aliphatic carbocycles. The number of nitrogens with zero attached hydrogens (tertiary/aromatic N) is 1. The fourth-order valence-electron chi connectivity index (χ4n) is 2.71. The van der Waals surface area contributed by atoms with Gasteiger partial charge in [0.2, 0.25) is 0 Å². The normalized spacial score (nSPS) is 15.9. The van der Waals surface area contributed by atoms with Crippen molar-refractivity contribution in [2.75, 3.05) is 18.5 Å². The van der Waals surface area contributed by atoms with Crippen LogP contribution in [-0.2, 0) is 0 Å². The van der Waals surface area contributed by atoms with Gasteiger partial charge in [-0.25, -0.2) is 0 Å². The number of ketones is 1. The van der Waals surface area contributed by atoms with Crippen molar-refractivity contribution in [1.82, 2.24) is 0 Å². The Morgan fingerprint density at radius 1 is 1.39 bits per heavy atom. The van der Waals surface area contributed by atoms with Crippen LogP contribution in [0.25, 0.3) is 0 Å². The first-order chi connectivity index (χ1) is 8.58. The fourth-order valence-corrected chi connectivity index (χ4v) is 3.40. The van der Waals surface area contributed by atoms with Gasteiger partial charge in [0.1, 0.15) is 0 Å². The standard InChI is InChI=1S/C15H20BrNO/c1-11(18)13-7-8-15(14(16)9-13)17(2)10-12-5-3-4-6-12/h7-9,12H,3-6,10H2,1-2H3. The summed E-state index contributed by atoms with van der Waals surface area (Å²) in [5, 5.41) is 0. The summed E-state index contributed by atoms with van der Waals surface area (Å²) in [7, 11) is 2.13. The van der Waals surface area contributed by atoms with Gasteiger partial charge in [-0.2, -0.15) is 0 Å². The van der Waals surface area contributed by atoms with E-state index in [1.165, 1.54) is 31.4 Å². The molecule has 2 nitrogen and oxygen atoms in total. The van der Waals surface area contributed by atoms with E-state index in [4.69, 9.17) is 0 Å². The van der Waals surface area contributed by atoms with Gasteiger partial charge in [0, 0.05) is 23.6 Å². The zero-order chi connectivity index (χ0) is 13.1. The fraction of sp³-hybridized carbons (Fsp3) is 0.533. The van der Waals surface area contributed by atoms with Gasteiger partial charge in [0.25, 0.3) is 0 Å². The van der Waals surface area contributed by atoms with Gasteiger partial charge >= 0.3 is 0 Å². The summed E-state index contributed by atoms with van der Waals surface area (Å²) in [6.07, 6.45) is 5.47. The van der Waals surface area contributed by atoms with Crippen LogP contribution in [0.2, 0.25) is 0 Å². The maximum Gasteiger partial charge on any atom is 0.159 e. The Bertz CT molecular complexity index is 438. The quantitative estimate of drug-likeness (QED) is 0.774. The maximum atomic E-state index is 11.3. The van der Waals surface area contributed by atoms with Crippen LogP contribution in [0.4, 0.5) is 5.69 Å². The molecular formula is C15H20BrNO. The highest BCUT2D eigenvalue weighted by Crippen LogP contribution is 2.30. The molecule has 0 unspecified atom stereocenters. The number of carbonyl (C=O) groups is 1. The molecule has 0 aliphatic heterocycles. The number of hydrogen-bond donors (Lipinski definition) is 0. The first-order valence-electron chi connectivity index (χ1n) is 6.59. The van der Waals surface area contributed by atoms with Gasteiger partial charge in [-0.3, -0.25) is 4.79 Å². The first-order valence-corrected chi connectivity index (χ1v) is 7.39. The third-order valence-corrected chi connectivity index (χ3v) is 4.41. The molecule has 1 fully saturated rings. The van der Waals surface area contributed by atoms with Gasteiger partial charge in [0.15, 0.2) is 5.78 Å². The Morgan fingerprint density at radius 2 is 2.06 bits per heavy atom. The molecule has 0 radical (unpaired) electrons. The number of halogens is 1. The second-order valence-corrected chi connectivity index (χ2v) is 6.11. The predicted octanol–water partition coefficient (Wildman–Crippen LogP) is 4.28. The Labute approximate surface area is 117 Å². The molecule has 1 aromatic carbocycles. The minimum atomic E-state index is 0.112. The maximum absolute atomic E-state index is 11.3. The van der Waals surface area contributed by atoms with Gasteiger partial charge in [0.05, 0.1) is 5.69 Å². The molecule has 1 aromatic rings. The molecule has 0 atom stereocenters. The van der Waals surface area contributed by atoms with E-state index in [-0.39, 0.29) is 5.78 Å². The molecule has 0 amide bonds. The zero-order valence-electron chi connectivity index (χ0n) is 11.1. The van der Waals surface area contributed by atoms with Crippen molar-refractivity contribution in [3.8, 4) is 0 Å². The Balaban J connectivity index is 2.09. The van der Waals surface area contributed by atoms with Crippen molar-refractivity contribution < 1.29 is 4.79 Å². The Hall–Kier alpha value is -0.830. The molecule has 3 heteroatoms. The average molecular weight is 310 g/mol. The third kappa shape index (κ3) is 3.14. The molecule has 1 aliphatic rings. The van der Waals surface area contributed by atoms with Crippen LogP contribution in [0.3, 0.4) is 0 Å². The summed E-state index contributed by atoms with van der Waals surface area (Å²) >= 11 is 3.57. The van der Waals surface area contributed by atoms with E-state index in [1.54, 1.807) is 6.92 Å². The van der Waals surface area contributed by atoms with Crippen molar-refractivity contribution in [3.63, 3.8) is 0 Å². The van der Waals surface area contributed by atoms with Crippen molar-refractivity contribution >= 4 is 27.4 Å². The largest absolute Gasteiger partial charge is 0.373 e. The minimum Gasteiger partial charge on any atom is -0.373 e. The van der Waals surface area contributed by atoms with Crippen molar-refractivity contribution in [2.24, 2.45) is 5.92 Å². The van der Waals surface area contributed by atoms with Crippen LogP contribution in [-0.4, -0.2) is 19.4 Å². The molecule has 0 bridgehead atoms. The lowest BCUT2D eigenvalue weighted by atomic mass is 10.1. The number of anilines is 1. The number of Topliss-reactive ketones (excluding diaryl/α,β-unsaturated/α-hetero) is 1. The van der Waals surface area contributed by atoms with Gasteiger partial charge in [-0.05, 0) is 59.8 Å². The monoisotopic (exact) mass is 309 g/mol. The van der Waals surface area contributed by atoms with Crippen LogP contribution >= 0.6 is 15.9 Å². The topological polar surface area (TPSA) is 20.3 Å². The molecule has 98 valence electrons. The van der Waals surface area contributed by atoms with E-state index >= 15 is 0 Å². The summed E-state index contributed by atoms with van der Waals surface area (Å²) in [5.74, 6) is 0.940. The lowest BCUT2D eigenvalue weighted by molar-refractivity contribution is 0.101. The van der Waals surface area contributed by atoms with E-state index in [2.05, 4.69) is 27.9 Å². The highest BCUT2D eigenvalue weighted by molar-refractivity contribution is 9.10. The predicted molar refractivity (Wildman–Crippen MR) is 79.4 cm³/mol. The molecule has 18 heavy (non-hydrogen) atoms. The summed E-state index contributed by atoms with van der Waals surface area (Å²) in [6, 6.07) is 5.87. The third-order valence-electron chi connectivity index (χ3n) is 3.77. The highest BCUT2D eigenvalue weighted by Gasteiger charge is 2.18. The Morgan fingerprint density at radius 3 is 2.61 bits per heavy atom. The molecule has 0 aromatic heterocycles. The van der Waals surface area contributed by atoms with Gasteiger partial charge < -0.3 is 4.90 Å². The van der Waals surface area contributed by atoms with E-state index < -0.39 is 0 Å². The van der Waals surface area contributed by atoms with Crippen molar-refractivity contribution in [2.45, 2.75) is 32.6 Å². The number of hydrogen-bond acceptors (Lipinski definition) is 2. The average Bonchev–Trinajstić information content (AvgIpc) is 2.81. The second kappa shape index (κ2) is 5.87. The summed E-state index contributed by atoms with van der Waals surface area (Å²) < 4.78 is 1.01. The zero-order valence-corrected chi connectivity index (χ0v) is 12.7. The van der Waals surface area contributed by atoms with E-state index in [0.29, 0.717) is 0 Å². The molecular weight excluding hydrogens is 290 g/mol. The molecule has 0 spiro atoms. The lowest BCUT2D eigenvalue weighted by Crippen LogP contribution is -2.24. The van der Waals surface area contributed by atoms with Crippen LogP contribution < -0.4 is 4.90 Å². The first kappa shape index (κ1) is 13.6. The van der Waals surface area contributed by atoms with Gasteiger partial charge in [-0.1, -0.05) is 12.8 Å². The summed E-state index contributed by atoms with van der Waals surface area (Å²) in [4.78, 5) is 13.6. The van der Waals surface area contributed by atoms with Crippen LogP contribution in [0, 0.1) is 5.92 Å². The van der Waals surface area contributed by atoms with Crippen LogP contribution in [0.15, 0.2) is 22.7 Å². The molecule has 0 N–H and O–H groups in total. The second-order valence-electron chi connectivity index (χ2n) is 5.25. The molecule has 0 saturated heterocycles. The van der Waals surface area contributed by atoms with E-state index in [9.17, 15) is 4.79 Å². The SMILES string of the molecule is CC(=O)c1ccc(N(C)CC2CCCC2)c(Br)c1. The van der Waals surface area contributed by atoms with E-state index in [0.717, 1.165) is 22.5 Å². The minimum absolute atomic E-state index is 0.112. The molecule has 1 saturated carbocycles. The lowest BCUT2D eigenvalue weighted by Gasteiger charge is -2.24. The van der Waals surface area contributed by atoms with Crippen molar-refractivity contribution in [3.05, 3.63) is 28.2 Å². The highest BCUT2D eigenvalue weighted by atomic mass is 79.9. The number of benzene rings is 1. The molecule has 0 heterocycles. The molecule has 2 rings (SSSR count). The Kier molecular flexibility index (Phi) is 4.44. The number of carbonyl (C=O) groups excluding carboxylic acids is 1. The smallest absolute Gasteiger partial charge is 0.159 e. The summed E-state index contributed by atoms with van der Waals surface area (Å²) in [5.41, 5.74) is 1.94. The van der Waals surface area contributed by atoms with E-state index in [1.807, 2.05) is 18.2 Å².